The molecule has 3 N–H and O–H groups in total. The molecule has 4 rings (SSSR count). The van der Waals surface area contributed by atoms with Crippen LogP contribution >= 0.6 is 11.6 Å². The van der Waals surface area contributed by atoms with Crippen molar-refractivity contribution in [2.75, 3.05) is 17.2 Å². The minimum absolute atomic E-state index is 0.00552. The second kappa shape index (κ2) is 10.1. The number of aryl methyl sites for hydroxylation is 1. The van der Waals surface area contributed by atoms with E-state index < -0.39 is 40.6 Å². The Balaban J connectivity index is 1.58. The van der Waals surface area contributed by atoms with E-state index in [4.69, 9.17) is 11.6 Å². The van der Waals surface area contributed by atoms with Crippen molar-refractivity contribution in [2.45, 2.75) is 58.0 Å². The van der Waals surface area contributed by atoms with Crippen molar-refractivity contribution in [1.29, 1.82) is 5.26 Å². The van der Waals surface area contributed by atoms with Crippen LogP contribution in [0.25, 0.3) is 0 Å². The molecule has 9 nitrogen and oxygen atoms in total. The molecule has 10 heteroatoms. The molecule has 2 aliphatic heterocycles. The van der Waals surface area contributed by atoms with E-state index in [0.717, 1.165) is 5.56 Å². The fourth-order valence-electron chi connectivity index (χ4n) is 5.18. The van der Waals surface area contributed by atoms with Crippen LogP contribution in [0.3, 0.4) is 0 Å². The molecule has 38 heavy (non-hydrogen) atoms. The third-order valence-corrected chi connectivity index (χ3v) is 7.32. The summed E-state index contributed by atoms with van der Waals surface area (Å²) < 4.78 is 0. The predicted octanol–water partition coefficient (Wildman–Crippen LogP) is 3.52. The SMILES string of the molecule is Cc1cccc(Cl)c1NC(=O)C(=O)N[C@@H](CC(C)(C)C)C(=O)N1C[C@]2(C[C@H]1C#N)C(=O)Nc1ccccc12. The van der Waals surface area contributed by atoms with Crippen LogP contribution < -0.4 is 16.0 Å². The van der Waals surface area contributed by atoms with Crippen molar-refractivity contribution in [1.82, 2.24) is 10.2 Å². The highest BCUT2D eigenvalue weighted by atomic mass is 35.5. The Morgan fingerprint density at radius 1 is 1.18 bits per heavy atom. The largest absolute Gasteiger partial charge is 0.336 e. The fraction of sp³-hybridized carbons (Fsp3) is 0.393. The van der Waals surface area contributed by atoms with Gasteiger partial charge in [-0.25, -0.2) is 0 Å². The quantitative estimate of drug-likeness (QED) is 0.515. The zero-order chi connectivity index (χ0) is 27.8. The first-order valence-electron chi connectivity index (χ1n) is 12.3. The molecular weight excluding hydrogens is 506 g/mol. The average molecular weight is 536 g/mol. The summed E-state index contributed by atoms with van der Waals surface area (Å²) in [5.74, 6) is -2.75. The Bertz CT molecular complexity index is 1340. The van der Waals surface area contributed by atoms with Gasteiger partial charge in [0.2, 0.25) is 11.8 Å². The number of likely N-dealkylation sites (tertiary alicyclic amines) is 1. The number of nitrogens with zero attached hydrogens (tertiary/aromatic N) is 2. The number of hydrogen-bond donors (Lipinski definition) is 3. The Labute approximate surface area is 226 Å². The normalized spacial score (nSPS) is 20.9. The van der Waals surface area contributed by atoms with Crippen molar-refractivity contribution in [3.63, 3.8) is 0 Å². The first kappa shape index (κ1) is 27.1. The molecule has 2 aromatic carbocycles. The minimum atomic E-state index is -1.09. The van der Waals surface area contributed by atoms with Crippen molar-refractivity contribution in [2.24, 2.45) is 5.41 Å². The van der Waals surface area contributed by atoms with E-state index in [0.29, 0.717) is 16.9 Å². The van der Waals surface area contributed by atoms with E-state index in [-0.39, 0.29) is 30.3 Å². The maximum Gasteiger partial charge on any atom is 0.313 e. The van der Waals surface area contributed by atoms with Gasteiger partial charge in [0.15, 0.2) is 0 Å². The standard InChI is InChI=1S/C28H30ClN5O4/c1-16-8-7-10-19(29)22(16)33-24(36)23(35)31-21(13-27(2,3)4)25(37)34-15-28(12-17(34)14-30)18-9-5-6-11-20(18)32-26(28)38/h5-11,17,21H,12-13,15H2,1-4H3,(H,31,35)(H,32,38)(H,33,36)/t17-,21-,28-/m0/s1. The molecule has 1 fully saturated rings. The smallest absolute Gasteiger partial charge is 0.313 e. The molecule has 4 amide bonds. The van der Waals surface area contributed by atoms with Gasteiger partial charge in [-0.05, 0) is 42.0 Å². The lowest BCUT2D eigenvalue weighted by atomic mass is 9.80. The molecule has 0 saturated carbocycles. The molecule has 0 radical (unpaired) electrons. The third kappa shape index (κ3) is 5.09. The van der Waals surface area contributed by atoms with Crippen molar-refractivity contribution < 1.29 is 19.2 Å². The number of para-hydroxylation sites is 2. The number of carbonyl (C=O) groups is 4. The summed E-state index contributed by atoms with van der Waals surface area (Å²) >= 11 is 6.18. The molecule has 1 spiro atoms. The van der Waals surface area contributed by atoms with Gasteiger partial charge >= 0.3 is 11.8 Å². The molecular formula is C28H30ClN5O4. The molecule has 2 aromatic rings. The Hall–Kier alpha value is -3.90. The molecule has 0 bridgehead atoms. The lowest BCUT2D eigenvalue weighted by Crippen LogP contribution is -2.53. The number of benzene rings is 2. The van der Waals surface area contributed by atoms with Gasteiger partial charge in [-0.3, -0.25) is 19.2 Å². The van der Waals surface area contributed by atoms with Crippen LogP contribution in [0.2, 0.25) is 5.02 Å². The molecule has 198 valence electrons. The third-order valence-electron chi connectivity index (χ3n) is 7.00. The number of rotatable bonds is 4. The Morgan fingerprint density at radius 3 is 2.55 bits per heavy atom. The van der Waals surface area contributed by atoms with Crippen LogP contribution in [0, 0.1) is 23.7 Å². The molecule has 1 saturated heterocycles. The van der Waals surface area contributed by atoms with E-state index in [1.165, 1.54) is 4.90 Å². The predicted molar refractivity (Wildman–Crippen MR) is 143 cm³/mol. The number of amides is 4. The Kier molecular flexibility index (Phi) is 7.22. The van der Waals surface area contributed by atoms with Crippen LogP contribution in [0.4, 0.5) is 11.4 Å². The monoisotopic (exact) mass is 535 g/mol. The van der Waals surface area contributed by atoms with Crippen LogP contribution in [-0.2, 0) is 24.6 Å². The van der Waals surface area contributed by atoms with Gasteiger partial charge in [-0.2, -0.15) is 5.26 Å². The maximum absolute atomic E-state index is 13.9. The lowest BCUT2D eigenvalue weighted by Gasteiger charge is -2.31. The topological polar surface area (TPSA) is 131 Å². The van der Waals surface area contributed by atoms with Gasteiger partial charge in [-0.1, -0.05) is 62.7 Å². The molecule has 0 unspecified atom stereocenters. The highest BCUT2D eigenvalue weighted by molar-refractivity contribution is 6.42. The first-order chi connectivity index (χ1) is 17.9. The summed E-state index contributed by atoms with van der Waals surface area (Å²) in [4.78, 5) is 54.0. The van der Waals surface area contributed by atoms with Crippen molar-refractivity contribution in [3.8, 4) is 6.07 Å². The van der Waals surface area contributed by atoms with Crippen LogP contribution in [0.15, 0.2) is 42.5 Å². The van der Waals surface area contributed by atoms with E-state index in [9.17, 15) is 24.4 Å². The number of nitrogens with one attached hydrogen (secondary N) is 3. The maximum atomic E-state index is 13.9. The van der Waals surface area contributed by atoms with Crippen molar-refractivity contribution in [3.05, 3.63) is 58.6 Å². The first-order valence-corrected chi connectivity index (χ1v) is 12.7. The summed E-state index contributed by atoms with van der Waals surface area (Å²) in [6.45, 7) is 7.45. The molecule has 2 heterocycles. The number of halogens is 1. The van der Waals surface area contributed by atoms with Crippen LogP contribution in [0.5, 0.6) is 0 Å². The highest BCUT2D eigenvalue weighted by Crippen LogP contribution is 2.46. The van der Waals surface area contributed by atoms with E-state index in [1.54, 1.807) is 31.2 Å². The van der Waals surface area contributed by atoms with Gasteiger partial charge in [0.1, 0.15) is 12.1 Å². The van der Waals surface area contributed by atoms with Crippen molar-refractivity contribution >= 4 is 46.6 Å². The second-order valence-electron chi connectivity index (χ2n) is 11.1. The van der Waals surface area contributed by atoms with E-state index in [2.05, 4.69) is 22.0 Å². The molecule has 2 aliphatic rings. The highest BCUT2D eigenvalue weighted by Gasteiger charge is 2.56. The molecule has 0 aliphatic carbocycles. The number of anilines is 2. The second-order valence-corrected chi connectivity index (χ2v) is 11.5. The molecule has 0 aromatic heterocycles. The number of carbonyl (C=O) groups excluding carboxylic acids is 4. The summed E-state index contributed by atoms with van der Waals surface area (Å²) in [5.41, 5.74) is 0.934. The summed E-state index contributed by atoms with van der Waals surface area (Å²) in [6, 6.07) is 12.5. The summed E-state index contributed by atoms with van der Waals surface area (Å²) in [5, 5.41) is 18.2. The van der Waals surface area contributed by atoms with Gasteiger partial charge in [0.25, 0.3) is 0 Å². The molecule has 3 atom stereocenters. The fourth-order valence-corrected chi connectivity index (χ4v) is 5.45. The average Bonchev–Trinajstić information content (AvgIpc) is 3.38. The van der Waals surface area contributed by atoms with Gasteiger partial charge in [-0.15, -0.1) is 0 Å². The zero-order valence-corrected chi connectivity index (χ0v) is 22.5. The lowest BCUT2D eigenvalue weighted by molar-refractivity contribution is -0.141. The summed E-state index contributed by atoms with van der Waals surface area (Å²) in [7, 11) is 0. The Morgan fingerprint density at radius 2 is 1.89 bits per heavy atom. The van der Waals surface area contributed by atoms with E-state index in [1.807, 2.05) is 39.0 Å². The minimum Gasteiger partial charge on any atom is -0.336 e. The van der Waals surface area contributed by atoms with E-state index >= 15 is 0 Å². The van der Waals surface area contributed by atoms with Crippen LogP contribution in [0.1, 0.15) is 44.7 Å². The number of fused-ring (bicyclic) bond motifs is 2. The number of nitriles is 1. The summed E-state index contributed by atoms with van der Waals surface area (Å²) in [6.07, 6.45) is 0.348. The number of hydrogen-bond acceptors (Lipinski definition) is 5. The van der Waals surface area contributed by atoms with Gasteiger partial charge < -0.3 is 20.9 Å². The zero-order valence-electron chi connectivity index (χ0n) is 21.7. The van der Waals surface area contributed by atoms with Crippen LogP contribution in [-0.4, -0.2) is 47.2 Å². The van der Waals surface area contributed by atoms with Gasteiger partial charge in [0, 0.05) is 18.7 Å². The van der Waals surface area contributed by atoms with Gasteiger partial charge in [0.05, 0.1) is 22.2 Å².